The molecule has 0 saturated carbocycles. The summed E-state index contributed by atoms with van der Waals surface area (Å²) in [4.78, 5) is 0.728. The Morgan fingerprint density at radius 2 is 1.92 bits per heavy atom. The van der Waals surface area contributed by atoms with Crippen molar-refractivity contribution in [3.63, 3.8) is 0 Å². The SMILES string of the molecule is COc1ccccc1-c1nn2c(C3CCN(S(C)(=O)=O)CC3)nnc2s1. The number of rotatable bonds is 4. The van der Waals surface area contributed by atoms with Gasteiger partial charge in [-0.2, -0.15) is 9.61 Å². The smallest absolute Gasteiger partial charge is 0.234 e. The molecule has 2 aromatic heterocycles. The number of piperidine rings is 1. The molecular weight excluding hydrogens is 374 g/mol. The molecule has 0 atom stereocenters. The predicted octanol–water partition coefficient (Wildman–Crippen LogP) is 2.00. The summed E-state index contributed by atoms with van der Waals surface area (Å²) in [6.07, 6.45) is 2.69. The highest BCUT2D eigenvalue weighted by molar-refractivity contribution is 7.88. The van der Waals surface area contributed by atoms with Crippen LogP contribution in [0.25, 0.3) is 15.5 Å². The number of hydrogen-bond acceptors (Lipinski definition) is 7. The fraction of sp³-hybridized carbons (Fsp3) is 0.438. The van der Waals surface area contributed by atoms with E-state index in [1.54, 1.807) is 11.6 Å². The average molecular weight is 393 g/mol. The number of fused-ring (bicyclic) bond motifs is 1. The molecule has 0 N–H and O–H groups in total. The maximum atomic E-state index is 11.7. The second kappa shape index (κ2) is 6.60. The van der Waals surface area contributed by atoms with Crippen LogP contribution in [0.5, 0.6) is 5.75 Å². The average Bonchev–Trinajstić information content (AvgIpc) is 3.21. The molecule has 26 heavy (non-hydrogen) atoms. The standard InChI is InChI=1S/C16H19N5O3S2/c1-24-13-6-4-3-5-12(13)15-19-21-14(17-18-16(21)25-15)11-7-9-20(10-8-11)26(2,22)23/h3-6,11H,7-10H2,1-2H3. The molecule has 1 saturated heterocycles. The summed E-state index contributed by atoms with van der Waals surface area (Å²) in [5, 5.41) is 14.1. The molecule has 0 aliphatic carbocycles. The molecule has 0 amide bonds. The number of methoxy groups -OCH3 is 1. The van der Waals surface area contributed by atoms with Gasteiger partial charge < -0.3 is 4.74 Å². The molecule has 1 aromatic carbocycles. The van der Waals surface area contributed by atoms with Crippen LogP contribution in [0.15, 0.2) is 24.3 Å². The van der Waals surface area contributed by atoms with Crippen molar-refractivity contribution < 1.29 is 13.2 Å². The highest BCUT2D eigenvalue weighted by Crippen LogP contribution is 2.34. The van der Waals surface area contributed by atoms with Crippen molar-refractivity contribution >= 4 is 26.3 Å². The number of ether oxygens (including phenoxy) is 1. The summed E-state index contributed by atoms with van der Waals surface area (Å²) in [5.41, 5.74) is 0.920. The summed E-state index contributed by atoms with van der Waals surface area (Å²) < 4.78 is 32.1. The van der Waals surface area contributed by atoms with E-state index in [1.165, 1.54) is 21.9 Å². The zero-order valence-corrected chi connectivity index (χ0v) is 16.1. The van der Waals surface area contributed by atoms with E-state index in [0.717, 1.165) is 39.9 Å². The second-order valence-corrected chi connectivity index (χ2v) is 9.23. The topological polar surface area (TPSA) is 89.7 Å². The van der Waals surface area contributed by atoms with Gasteiger partial charge in [0.1, 0.15) is 5.75 Å². The van der Waals surface area contributed by atoms with Crippen molar-refractivity contribution in [2.24, 2.45) is 0 Å². The van der Waals surface area contributed by atoms with Crippen LogP contribution in [0.2, 0.25) is 0 Å². The van der Waals surface area contributed by atoms with Gasteiger partial charge in [-0.1, -0.05) is 23.5 Å². The summed E-state index contributed by atoms with van der Waals surface area (Å²) in [6, 6.07) is 7.74. The molecule has 138 valence electrons. The largest absolute Gasteiger partial charge is 0.496 e. The maximum Gasteiger partial charge on any atom is 0.234 e. The van der Waals surface area contributed by atoms with E-state index in [-0.39, 0.29) is 5.92 Å². The Morgan fingerprint density at radius 3 is 2.62 bits per heavy atom. The minimum Gasteiger partial charge on any atom is -0.496 e. The third-order valence-corrected chi connectivity index (χ3v) is 6.88. The number of sulfonamides is 1. The molecule has 1 aliphatic rings. The lowest BCUT2D eigenvalue weighted by Crippen LogP contribution is -2.37. The minimum absolute atomic E-state index is 0.149. The van der Waals surface area contributed by atoms with Crippen LogP contribution in [0.1, 0.15) is 24.6 Å². The van der Waals surface area contributed by atoms with Gasteiger partial charge in [0.2, 0.25) is 15.0 Å². The summed E-state index contributed by atoms with van der Waals surface area (Å²) in [6.45, 7) is 1.00. The second-order valence-electron chi connectivity index (χ2n) is 6.30. The zero-order chi connectivity index (χ0) is 18.3. The quantitative estimate of drug-likeness (QED) is 0.673. The first kappa shape index (κ1) is 17.4. The van der Waals surface area contributed by atoms with Crippen LogP contribution in [0.4, 0.5) is 0 Å². The molecule has 3 heterocycles. The molecule has 0 unspecified atom stereocenters. The first-order valence-electron chi connectivity index (χ1n) is 8.28. The molecule has 0 radical (unpaired) electrons. The number of hydrogen-bond donors (Lipinski definition) is 0. The van der Waals surface area contributed by atoms with Crippen molar-refractivity contribution in [1.29, 1.82) is 0 Å². The number of benzene rings is 1. The highest BCUT2D eigenvalue weighted by atomic mass is 32.2. The zero-order valence-electron chi connectivity index (χ0n) is 14.5. The lowest BCUT2D eigenvalue weighted by atomic mass is 9.97. The van der Waals surface area contributed by atoms with Gasteiger partial charge >= 0.3 is 0 Å². The Bertz CT molecular complexity index is 1040. The van der Waals surface area contributed by atoms with Gasteiger partial charge in [-0.05, 0) is 25.0 Å². The fourth-order valence-corrected chi connectivity index (χ4v) is 5.01. The van der Waals surface area contributed by atoms with Gasteiger partial charge in [0.05, 0.1) is 18.9 Å². The molecule has 1 aliphatic heterocycles. The van der Waals surface area contributed by atoms with Crippen LogP contribution in [0, 0.1) is 0 Å². The van der Waals surface area contributed by atoms with Crippen LogP contribution in [-0.4, -0.2) is 59.0 Å². The fourth-order valence-electron chi connectivity index (χ4n) is 3.26. The van der Waals surface area contributed by atoms with Crippen molar-refractivity contribution in [2.45, 2.75) is 18.8 Å². The Kier molecular flexibility index (Phi) is 4.41. The van der Waals surface area contributed by atoms with E-state index in [0.29, 0.717) is 13.1 Å². The van der Waals surface area contributed by atoms with Crippen molar-refractivity contribution in [1.82, 2.24) is 24.1 Å². The number of nitrogens with zero attached hydrogens (tertiary/aromatic N) is 5. The first-order valence-corrected chi connectivity index (χ1v) is 10.9. The van der Waals surface area contributed by atoms with Gasteiger partial charge in [-0.15, -0.1) is 10.2 Å². The van der Waals surface area contributed by atoms with Gasteiger partial charge in [0, 0.05) is 19.0 Å². The summed E-state index contributed by atoms with van der Waals surface area (Å²) in [5.74, 6) is 1.71. The predicted molar refractivity (Wildman–Crippen MR) is 99.0 cm³/mol. The highest BCUT2D eigenvalue weighted by Gasteiger charge is 2.29. The van der Waals surface area contributed by atoms with E-state index in [1.807, 2.05) is 24.3 Å². The van der Waals surface area contributed by atoms with Crippen molar-refractivity contribution in [3.8, 4) is 16.3 Å². The van der Waals surface area contributed by atoms with E-state index in [4.69, 9.17) is 9.84 Å². The van der Waals surface area contributed by atoms with E-state index in [2.05, 4.69) is 10.2 Å². The van der Waals surface area contributed by atoms with Gasteiger partial charge in [-0.25, -0.2) is 12.7 Å². The molecule has 3 aromatic rings. The molecular formula is C16H19N5O3S2. The van der Waals surface area contributed by atoms with Crippen LogP contribution in [0.3, 0.4) is 0 Å². The Morgan fingerprint density at radius 1 is 1.19 bits per heavy atom. The lowest BCUT2D eigenvalue weighted by Gasteiger charge is -2.28. The molecule has 8 nitrogen and oxygen atoms in total. The molecule has 10 heteroatoms. The number of aromatic nitrogens is 4. The van der Waals surface area contributed by atoms with E-state index in [9.17, 15) is 8.42 Å². The Balaban J connectivity index is 1.63. The normalized spacial score (nSPS) is 17.0. The Hall–Kier alpha value is -2.04. The molecule has 0 bridgehead atoms. The summed E-state index contributed by atoms with van der Waals surface area (Å²) >= 11 is 1.46. The third kappa shape index (κ3) is 3.08. The van der Waals surface area contributed by atoms with Crippen molar-refractivity contribution in [3.05, 3.63) is 30.1 Å². The van der Waals surface area contributed by atoms with Crippen LogP contribution in [-0.2, 0) is 10.0 Å². The number of para-hydroxylation sites is 1. The molecule has 4 rings (SSSR count). The van der Waals surface area contributed by atoms with Crippen LogP contribution >= 0.6 is 11.3 Å². The summed E-state index contributed by atoms with van der Waals surface area (Å²) in [7, 11) is -1.50. The van der Waals surface area contributed by atoms with Gasteiger partial charge in [0.25, 0.3) is 0 Å². The first-order chi connectivity index (χ1) is 12.5. The minimum atomic E-state index is -3.14. The lowest BCUT2D eigenvalue weighted by molar-refractivity contribution is 0.313. The molecule has 1 fully saturated rings. The van der Waals surface area contributed by atoms with E-state index >= 15 is 0 Å². The van der Waals surface area contributed by atoms with Gasteiger partial charge in [-0.3, -0.25) is 0 Å². The Labute approximate surface area is 155 Å². The van der Waals surface area contributed by atoms with Crippen LogP contribution < -0.4 is 4.74 Å². The van der Waals surface area contributed by atoms with Gasteiger partial charge in [0.15, 0.2) is 10.8 Å². The van der Waals surface area contributed by atoms with Crippen molar-refractivity contribution in [2.75, 3.05) is 26.5 Å². The maximum absolute atomic E-state index is 11.7. The monoisotopic (exact) mass is 393 g/mol. The molecule has 0 spiro atoms. The van der Waals surface area contributed by atoms with E-state index < -0.39 is 10.0 Å². The third-order valence-electron chi connectivity index (χ3n) is 4.64.